The minimum absolute atomic E-state index is 0.0184. The van der Waals surface area contributed by atoms with Crippen molar-refractivity contribution in [3.8, 4) is 23.7 Å². The largest absolute Gasteiger partial charge is 0.477 e. The Morgan fingerprint density at radius 3 is 2.63 bits per heavy atom. The SMILES string of the molecule is BC(C)(P)Cn1c(C#CCN(C)c2ccc(S(N)(=O)=O)cc2OCC#N)cc2c1=CCCC=2NC1CCC(N2CC3(CCOCC3)C2)CC1. The number of anilines is 1. The molecule has 3 N–H and O–H groups in total. The molecule has 2 saturated heterocycles. The van der Waals surface area contributed by atoms with Crippen molar-refractivity contribution in [2.75, 3.05) is 51.4 Å². The molecule has 0 radical (unpaired) electrons. The van der Waals surface area contributed by atoms with Crippen molar-refractivity contribution in [1.29, 1.82) is 5.26 Å². The molecule has 0 amide bonds. The Morgan fingerprint density at radius 2 is 1.96 bits per heavy atom. The van der Waals surface area contributed by atoms with Gasteiger partial charge < -0.3 is 24.3 Å². The third-order valence-corrected chi connectivity index (χ3v) is 11.6. The third-order valence-electron chi connectivity index (χ3n) is 10.5. The number of hydrogen-bond donors (Lipinski definition) is 2. The zero-order valence-electron chi connectivity index (χ0n) is 29.1. The number of hydrogen-bond acceptors (Lipinski definition) is 8. The maximum absolute atomic E-state index is 11.9. The molecule has 49 heavy (non-hydrogen) atoms. The zero-order valence-corrected chi connectivity index (χ0v) is 31.1. The molecular formula is C36H50BN6O4PS. The number of ether oxygens (including phenoxy) is 2. The van der Waals surface area contributed by atoms with Crippen LogP contribution in [0.15, 0.2) is 29.2 Å². The first-order chi connectivity index (χ1) is 23.3. The molecule has 6 rings (SSSR count). The predicted molar refractivity (Wildman–Crippen MR) is 200 cm³/mol. The lowest BCUT2D eigenvalue weighted by molar-refractivity contribution is -0.102. The normalized spacial score (nSPS) is 23.1. The summed E-state index contributed by atoms with van der Waals surface area (Å²) in [5, 5.41) is 20.9. The van der Waals surface area contributed by atoms with Gasteiger partial charge >= 0.3 is 0 Å². The van der Waals surface area contributed by atoms with Crippen LogP contribution in [-0.2, 0) is 21.3 Å². The fourth-order valence-electron chi connectivity index (χ4n) is 7.92. The second-order valence-electron chi connectivity index (χ2n) is 15.1. The molecule has 10 nitrogen and oxygen atoms in total. The summed E-state index contributed by atoms with van der Waals surface area (Å²) in [7, 11) is 3.13. The minimum atomic E-state index is -3.92. The molecule has 2 unspecified atom stereocenters. The number of sulfonamides is 1. The number of primary sulfonamides is 1. The van der Waals surface area contributed by atoms with E-state index in [2.05, 4.69) is 62.8 Å². The van der Waals surface area contributed by atoms with Crippen molar-refractivity contribution in [3.05, 3.63) is 40.5 Å². The highest BCUT2D eigenvalue weighted by Crippen LogP contribution is 2.43. The number of likely N-dealkylation sites (tertiary alicyclic amines) is 1. The molecule has 4 aliphatic rings. The van der Waals surface area contributed by atoms with E-state index in [9.17, 15) is 8.42 Å². The lowest BCUT2D eigenvalue weighted by atomic mass is 9.71. The van der Waals surface area contributed by atoms with Crippen LogP contribution >= 0.6 is 9.24 Å². The van der Waals surface area contributed by atoms with Crippen molar-refractivity contribution in [2.45, 2.75) is 86.9 Å². The highest BCUT2D eigenvalue weighted by molar-refractivity contribution is 7.89. The fourth-order valence-corrected chi connectivity index (χ4v) is 8.63. The van der Waals surface area contributed by atoms with E-state index < -0.39 is 10.0 Å². The second-order valence-corrected chi connectivity index (χ2v) is 18.2. The van der Waals surface area contributed by atoms with Crippen LogP contribution in [0, 0.1) is 28.6 Å². The Hall–Kier alpha value is -2.99. The van der Waals surface area contributed by atoms with Crippen molar-refractivity contribution in [2.24, 2.45) is 10.6 Å². The quantitative estimate of drug-likeness (QED) is 0.217. The summed E-state index contributed by atoms with van der Waals surface area (Å²) in [6.45, 7) is 7.57. The van der Waals surface area contributed by atoms with Gasteiger partial charge in [-0.15, -0.1) is 9.24 Å². The summed E-state index contributed by atoms with van der Waals surface area (Å²) in [5.74, 6) is 7.05. The highest BCUT2D eigenvalue weighted by atomic mass is 32.2. The third kappa shape index (κ3) is 8.50. The molecule has 13 heteroatoms. The maximum Gasteiger partial charge on any atom is 0.238 e. The number of nitrogens with zero attached hydrogens (tertiary/aromatic N) is 4. The molecule has 2 aliphatic carbocycles. The first kappa shape index (κ1) is 35.8. The van der Waals surface area contributed by atoms with E-state index in [1.165, 1.54) is 80.0 Å². The molecule has 3 heterocycles. The van der Waals surface area contributed by atoms with Crippen LogP contribution in [0.2, 0.25) is 0 Å². The van der Waals surface area contributed by atoms with Gasteiger partial charge in [-0.05, 0) is 80.5 Å². The van der Waals surface area contributed by atoms with E-state index in [1.807, 2.05) is 18.0 Å². The van der Waals surface area contributed by atoms with Gasteiger partial charge in [0, 0.05) is 79.7 Å². The highest BCUT2D eigenvalue weighted by Gasteiger charge is 2.46. The molecule has 2 atom stereocenters. The van der Waals surface area contributed by atoms with Gasteiger partial charge in [0.2, 0.25) is 10.0 Å². The number of nitriles is 1. The van der Waals surface area contributed by atoms with Gasteiger partial charge in [0.25, 0.3) is 0 Å². The standard InChI is InChI=1S/C36H50BN6O4PS/c1-35(37,48)23-43-28(5-4-17-41(2)33-13-12-29(49(39,44)45)22-34(33)47-20-16-38)21-30-31(6-3-7-32(30)43)40-26-8-10-27(11-9-26)42-24-36(25-42)14-18-46-19-15-36/h7,12-13,21-22,26-27,40H,3,6,8-11,14-15,17-20,23-25,37,48H2,1-2H3,(H2,39,44,45). The van der Waals surface area contributed by atoms with Crippen LogP contribution in [0.5, 0.6) is 5.75 Å². The van der Waals surface area contributed by atoms with Gasteiger partial charge in [-0.3, -0.25) is 4.90 Å². The topological polar surface area (TPSA) is 126 Å². The minimum Gasteiger partial charge on any atom is -0.477 e. The van der Waals surface area contributed by atoms with Crippen molar-refractivity contribution >= 4 is 44.6 Å². The maximum atomic E-state index is 11.9. The Morgan fingerprint density at radius 1 is 1.22 bits per heavy atom. The molecule has 3 fully saturated rings. The van der Waals surface area contributed by atoms with Crippen LogP contribution in [0.1, 0.15) is 64.0 Å². The van der Waals surface area contributed by atoms with Gasteiger partial charge in [0.15, 0.2) is 6.61 Å². The molecule has 1 spiro atoms. The van der Waals surface area contributed by atoms with Crippen molar-refractivity contribution in [1.82, 2.24) is 14.8 Å². The van der Waals surface area contributed by atoms with E-state index in [0.29, 0.717) is 23.7 Å². The molecule has 262 valence electrons. The van der Waals surface area contributed by atoms with Gasteiger partial charge in [0.1, 0.15) is 19.7 Å². The summed E-state index contributed by atoms with van der Waals surface area (Å²) in [5.41, 5.74) is 3.46. The lowest BCUT2D eigenvalue weighted by Gasteiger charge is -2.56. The van der Waals surface area contributed by atoms with E-state index in [4.69, 9.17) is 19.9 Å². The number of fused-ring (bicyclic) bond motifs is 1. The Balaban J connectivity index is 1.18. The monoisotopic (exact) mass is 704 g/mol. The summed E-state index contributed by atoms with van der Waals surface area (Å²) >= 11 is 0. The van der Waals surface area contributed by atoms with Crippen molar-refractivity contribution in [3.63, 3.8) is 0 Å². The Bertz CT molecular complexity index is 1870. The molecule has 1 aromatic heterocycles. The van der Waals surface area contributed by atoms with Crippen LogP contribution in [0.4, 0.5) is 5.69 Å². The summed E-state index contributed by atoms with van der Waals surface area (Å²) in [4.78, 5) is 4.55. The van der Waals surface area contributed by atoms with Crippen molar-refractivity contribution < 1.29 is 17.9 Å². The number of nitrogens with one attached hydrogen (secondary N) is 1. The summed E-state index contributed by atoms with van der Waals surface area (Å²) in [6, 6.07) is 9.83. The number of rotatable bonds is 10. The molecule has 1 saturated carbocycles. The van der Waals surface area contributed by atoms with Crippen LogP contribution in [0.25, 0.3) is 11.8 Å². The van der Waals surface area contributed by atoms with E-state index >= 15 is 0 Å². The first-order valence-corrected chi connectivity index (χ1v) is 19.6. The van der Waals surface area contributed by atoms with Gasteiger partial charge in [0.05, 0.1) is 22.8 Å². The Kier molecular flexibility index (Phi) is 10.8. The number of nitrogens with two attached hydrogens (primary N) is 1. The molecule has 2 aliphatic heterocycles. The Labute approximate surface area is 294 Å². The van der Waals surface area contributed by atoms with E-state index in [0.717, 1.165) is 44.3 Å². The molecular weight excluding hydrogens is 654 g/mol. The predicted octanol–water partition coefficient (Wildman–Crippen LogP) is 1.45. The van der Waals surface area contributed by atoms with Crippen LogP contribution in [0.3, 0.4) is 0 Å². The zero-order chi connectivity index (χ0) is 34.8. The average Bonchev–Trinajstić information content (AvgIpc) is 3.39. The summed E-state index contributed by atoms with van der Waals surface area (Å²) < 4.78 is 37.4. The van der Waals surface area contributed by atoms with E-state index in [1.54, 1.807) is 6.07 Å². The van der Waals surface area contributed by atoms with E-state index in [-0.39, 0.29) is 22.3 Å². The van der Waals surface area contributed by atoms with Gasteiger partial charge in [-0.1, -0.05) is 18.9 Å². The first-order valence-electron chi connectivity index (χ1n) is 17.5. The van der Waals surface area contributed by atoms with Crippen LogP contribution < -0.4 is 30.7 Å². The second kappa shape index (κ2) is 14.7. The fraction of sp³-hybridized carbons (Fsp3) is 0.583. The number of benzene rings is 1. The van der Waals surface area contributed by atoms with Gasteiger partial charge in [-0.2, -0.15) is 5.26 Å². The molecule has 2 aromatic rings. The van der Waals surface area contributed by atoms with Crippen LogP contribution in [-0.4, -0.2) is 89.4 Å². The lowest BCUT2D eigenvalue weighted by Crippen LogP contribution is -2.62. The molecule has 1 aromatic carbocycles. The molecule has 0 bridgehead atoms. The summed E-state index contributed by atoms with van der Waals surface area (Å²) in [6.07, 6.45) is 11.7. The van der Waals surface area contributed by atoms with Gasteiger partial charge in [-0.25, -0.2) is 13.6 Å². The average molecular weight is 705 g/mol. The number of aromatic nitrogens is 1. The smallest absolute Gasteiger partial charge is 0.238 e.